The topological polar surface area (TPSA) is 77.7 Å². The molecule has 4 rings (SSSR count). The quantitative estimate of drug-likeness (QED) is 0.695. The van der Waals surface area contributed by atoms with Crippen molar-refractivity contribution in [2.24, 2.45) is 0 Å². The molecule has 3 aromatic heterocycles. The Labute approximate surface area is 162 Å². The molecule has 1 fully saturated rings. The molecule has 1 saturated heterocycles. The first-order chi connectivity index (χ1) is 13.3. The molecule has 7 heteroatoms. The maximum absolute atomic E-state index is 8.95. The maximum atomic E-state index is 8.95. The van der Waals surface area contributed by atoms with Crippen LogP contribution in [0.4, 0.5) is 5.82 Å². The minimum atomic E-state index is 0.402. The van der Waals surface area contributed by atoms with Gasteiger partial charge in [-0.1, -0.05) is 11.9 Å². The van der Waals surface area contributed by atoms with E-state index in [2.05, 4.69) is 36.9 Å². The smallest absolute Gasteiger partial charge is 0.140 e. The summed E-state index contributed by atoms with van der Waals surface area (Å²) in [5, 5.41) is 14.6. The number of nitriles is 1. The van der Waals surface area contributed by atoms with Gasteiger partial charge in [-0.25, -0.2) is 9.97 Å². The Balaban J connectivity index is 1.62. The Morgan fingerprint density at radius 2 is 2.00 bits per heavy atom. The van der Waals surface area contributed by atoms with Crippen molar-refractivity contribution in [3.63, 3.8) is 0 Å². The number of hydrogen-bond donors (Lipinski definition) is 1. The van der Waals surface area contributed by atoms with Crippen LogP contribution in [0.5, 0.6) is 0 Å². The van der Waals surface area contributed by atoms with Crippen LogP contribution in [-0.4, -0.2) is 44.6 Å². The lowest BCUT2D eigenvalue weighted by Crippen LogP contribution is -2.35. The number of fused-ring (bicyclic) bond motifs is 1. The SMILES string of the molecule is CSN1CCC(Nc2cc3c(-c4ccc(C#N)nc4)nccc3cn2)CC1. The second-order valence-electron chi connectivity index (χ2n) is 6.52. The molecule has 1 aliphatic heterocycles. The van der Waals surface area contributed by atoms with Crippen molar-refractivity contribution in [2.45, 2.75) is 18.9 Å². The van der Waals surface area contributed by atoms with Gasteiger partial charge in [-0.05, 0) is 43.4 Å². The van der Waals surface area contributed by atoms with Gasteiger partial charge in [0.2, 0.25) is 0 Å². The third-order valence-corrected chi connectivity index (χ3v) is 5.74. The Morgan fingerprint density at radius 1 is 1.15 bits per heavy atom. The van der Waals surface area contributed by atoms with Crippen LogP contribution in [0.25, 0.3) is 22.0 Å². The molecule has 4 heterocycles. The van der Waals surface area contributed by atoms with Gasteiger partial charge in [-0.2, -0.15) is 5.26 Å². The molecule has 0 spiro atoms. The van der Waals surface area contributed by atoms with E-state index in [1.807, 2.05) is 36.3 Å². The third kappa shape index (κ3) is 3.87. The second kappa shape index (κ2) is 7.91. The van der Waals surface area contributed by atoms with Gasteiger partial charge in [-0.15, -0.1) is 0 Å². The highest BCUT2D eigenvalue weighted by Gasteiger charge is 2.19. The van der Waals surface area contributed by atoms with Gasteiger partial charge in [-0.3, -0.25) is 9.29 Å². The summed E-state index contributed by atoms with van der Waals surface area (Å²) in [7, 11) is 0. The number of hydrogen-bond acceptors (Lipinski definition) is 7. The van der Waals surface area contributed by atoms with Crippen molar-refractivity contribution >= 4 is 28.5 Å². The maximum Gasteiger partial charge on any atom is 0.140 e. The molecule has 6 nitrogen and oxygen atoms in total. The minimum Gasteiger partial charge on any atom is -0.367 e. The van der Waals surface area contributed by atoms with Gasteiger partial charge < -0.3 is 5.32 Å². The first-order valence-corrected chi connectivity index (χ1v) is 10.1. The Hall–Kier alpha value is -2.69. The van der Waals surface area contributed by atoms with Crippen LogP contribution >= 0.6 is 11.9 Å². The Bertz CT molecular complexity index is 974. The molecule has 1 N–H and O–H groups in total. The number of pyridine rings is 3. The van der Waals surface area contributed by atoms with Gasteiger partial charge >= 0.3 is 0 Å². The van der Waals surface area contributed by atoms with Gasteiger partial charge in [0.1, 0.15) is 17.6 Å². The van der Waals surface area contributed by atoms with E-state index >= 15 is 0 Å². The molecule has 136 valence electrons. The van der Waals surface area contributed by atoms with E-state index < -0.39 is 0 Å². The third-order valence-electron chi connectivity index (χ3n) is 4.86. The number of rotatable bonds is 4. The van der Waals surface area contributed by atoms with Crippen molar-refractivity contribution in [3.05, 3.63) is 48.5 Å². The molecule has 0 amide bonds. The summed E-state index contributed by atoms with van der Waals surface area (Å²) in [5.74, 6) is 0.876. The first-order valence-electron chi connectivity index (χ1n) is 8.93. The fourth-order valence-electron chi connectivity index (χ4n) is 3.37. The molecule has 0 unspecified atom stereocenters. The fourth-order valence-corrected chi connectivity index (χ4v) is 3.94. The van der Waals surface area contributed by atoms with Crippen LogP contribution in [0, 0.1) is 11.3 Å². The Morgan fingerprint density at radius 3 is 2.70 bits per heavy atom. The average Bonchev–Trinajstić information content (AvgIpc) is 2.74. The van der Waals surface area contributed by atoms with Crippen LogP contribution in [0.1, 0.15) is 18.5 Å². The summed E-state index contributed by atoms with van der Waals surface area (Å²) >= 11 is 1.81. The molecule has 0 aliphatic carbocycles. The van der Waals surface area contributed by atoms with Crippen LogP contribution in [0.3, 0.4) is 0 Å². The minimum absolute atomic E-state index is 0.402. The van der Waals surface area contributed by atoms with E-state index in [9.17, 15) is 0 Å². The van der Waals surface area contributed by atoms with E-state index in [1.54, 1.807) is 18.5 Å². The van der Waals surface area contributed by atoms with E-state index in [1.165, 1.54) is 0 Å². The lowest BCUT2D eigenvalue weighted by Gasteiger charge is -2.30. The summed E-state index contributed by atoms with van der Waals surface area (Å²) in [6.45, 7) is 2.19. The number of nitrogens with one attached hydrogen (secondary N) is 1. The highest BCUT2D eigenvalue weighted by Crippen LogP contribution is 2.28. The summed E-state index contributed by atoms with van der Waals surface area (Å²) in [6, 6.07) is 10.1. The lowest BCUT2D eigenvalue weighted by molar-refractivity contribution is 0.359. The van der Waals surface area contributed by atoms with Gasteiger partial charge in [0.25, 0.3) is 0 Å². The van der Waals surface area contributed by atoms with Crippen molar-refractivity contribution in [3.8, 4) is 17.3 Å². The monoisotopic (exact) mass is 376 g/mol. The van der Waals surface area contributed by atoms with Crippen molar-refractivity contribution < 1.29 is 0 Å². The lowest BCUT2D eigenvalue weighted by atomic mass is 10.1. The summed E-state index contributed by atoms with van der Waals surface area (Å²) in [5.41, 5.74) is 2.15. The number of piperidine rings is 1. The van der Waals surface area contributed by atoms with Gasteiger partial charge in [0.15, 0.2) is 0 Å². The molecule has 0 bridgehead atoms. The molecule has 27 heavy (non-hydrogen) atoms. The molecule has 0 aromatic carbocycles. The Kier molecular flexibility index (Phi) is 5.19. The predicted octanol–water partition coefficient (Wildman–Crippen LogP) is 3.72. The number of nitrogens with zero attached hydrogens (tertiary/aromatic N) is 5. The van der Waals surface area contributed by atoms with Crippen molar-refractivity contribution in [1.82, 2.24) is 19.3 Å². The zero-order valence-corrected chi connectivity index (χ0v) is 15.9. The molecule has 0 saturated carbocycles. The summed E-state index contributed by atoms with van der Waals surface area (Å²) < 4.78 is 2.39. The number of anilines is 1. The molecular weight excluding hydrogens is 356 g/mol. The molecule has 0 atom stereocenters. The summed E-state index contributed by atoms with van der Waals surface area (Å²) in [4.78, 5) is 13.3. The second-order valence-corrected chi connectivity index (χ2v) is 7.41. The average molecular weight is 376 g/mol. The van der Waals surface area contributed by atoms with Gasteiger partial charge in [0.05, 0.1) is 5.69 Å². The highest BCUT2D eigenvalue weighted by atomic mass is 32.2. The molecule has 1 aliphatic rings. The van der Waals surface area contributed by atoms with Crippen LogP contribution in [0.2, 0.25) is 0 Å². The summed E-state index contributed by atoms with van der Waals surface area (Å²) in [6.07, 6.45) is 9.72. The predicted molar refractivity (Wildman–Crippen MR) is 109 cm³/mol. The molecule has 0 radical (unpaired) electrons. The zero-order valence-electron chi connectivity index (χ0n) is 15.1. The van der Waals surface area contributed by atoms with Gasteiger partial charge in [0, 0.05) is 54.1 Å². The zero-order chi connectivity index (χ0) is 18.6. The molecular formula is C20H20N6S. The van der Waals surface area contributed by atoms with E-state index in [4.69, 9.17) is 5.26 Å². The van der Waals surface area contributed by atoms with E-state index in [0.717, 1.165) is 53.8 Å². The van der Waals surface area contributed by atoms with Crippen molar-refractivity contribution in [2.75, 3.05) is 24.7 Å². The van der Waals surface area contributed by atoms with Crippen LogP contribution in [0.15, 0.2) is 42.9 Å². The standard InChI is InChI=1S/C20H20N6S/c1-27-26-8-5-16(6-9-26)25-19-10-18-14(12-24-19)4-7-22-20(18)15-2-3-17(11-21)23-13-15/h2-4,7,10,12-13,16H,5-6,8-9H2,1H3,(H,24,25). The van der Waals surface area contributed by atoms with E-state index in [-0.39, 0.29) is 0 Å². The highest BCUT2D eigenvalue weighted by molar-refractivity contribution is 7.96. The fraction of sp³-hybridized carbons (Fsp3) is 0.300. The van der Waals surface area contributed by atoms with E-state index in [0.29, 0.717) is 11.7 Å². The number of aromatic nitrogens is 3. The molecule has 3 aromatic rings. The van der Waals surface area contributed by atoms with Crippen molar-refractivity contribution in [1.29, 1.82) is 5.26 Å². The largest absolute Gasteiger partial charge is 0.367 e. The van der Waals surface area contributed by atoms with Crippen LogP contribution in [-0.2, 0) is 0 Å². The normalized spacial score (nSPS) is 15.6. The first kappa shape index (κ1) is 17.7. The van der Waals surface area contributed by atoms with Crippen LogP contribution < -0.4 is 5.32 Å².